The summed E-state index contributed by atoms with van der Waals surface area (Å²) in [5.74, 6) is 0.432. The number of aromatic nitrogens is 3. The highest BCUT2D eigenvalue weighted by molar-refractivity contribution is 5.78. The normalized spacial score (nSPS) is 19.4. The maximum Gasteiger partial charge on any atom is 0.225 e. The highest BCUT2D eigenvalue weighted by atomic mass is 16.2. The fraction of sp³-hybridized carbons (Fsp3) is 0.640. The van der Waals surface area contributed by atoms with Gasteiger partial charge in [0.1, 0.15) is 0 Å². The number of aromatic amines is 1. The Morgan fingerprint density at radius 2 is 1.81 bits per heavy atom. The lowest BCUT2D eigenvalue weighted by Crippen LogP contribution is -2.49. The number of amides is 1. The van der Waals surface area contributed by atoms with Gasteiger partial charge in [-0.15, -0.1) is 0 Å². The summed E-state index contributed by atoms with van der Waals surface area (Å²) in [7, 11) is 1.93. The predicted octanol–water partition coefficient (Wildman–Crippen LogP) is 3.06. The van der Waals surface area contributed by atoms with Crippen molar-refractivity contribution < 1.29 is 4.79 Å². The summed E-state index contributed by atoms with van der Waals surface area (Å²) < 4.78 is 0. The zero-order valence-corrected chi connectivity index (χ0v) is 20.1. The molecule has 0 saturated carbocycles. The maximum absolute atomic E-state index is 13.0. The molecule has 0 aromatic carbocycles. The van der Waals surface area contributed by atoms with Crippen molar-refractivity contribution in [1.82, 2.24) is 29.9 Å². The Bertz CT molecular complexity index is 889. The van der Waals surface area contributed by atoms with Gasteiger partial charge in [0, 0.05) is 62.1 Å². The quantitative estimate of drug-likeness (QED) is 0.751. The summed E-state index contributed by atoms with van der Waals surface area (Å²) in [5.41, 5.74) is 5.46. The maximum atomic E-state index is 13.0. The van der Waals surface area contributed by atoms with E-state index in [4.69, 9.17) is 0 Å². The van der Waals surface area contributed by atoms with Crippen LogP contribution in [0.3, 0.4) is 0 Å². The van der Waals surface area contributed by atoms with Crippen molar-refractivity contribution in [2.24, 2.45) is 5.92 Å². The van der Waals surface area contributed by atoms with Gasteiger partial charge in [-0.1, -0.05) is 6.07 Å². The van der Waals surface area contributed by atoms with Crippen LogP contribution in [-0.2, 0) is 17.9 Å². The van der Waals surface area contributed by atoms with Crippen molar-refractivity contribution >= 4 is 5.91 Å². The van der Waals surface area contributed by atoms with Gasteiger partial charge in [0.2, 0.25) is 5.91 Å². The zero-order valence-electron chi connectivity index (χ0n) is 20.1. The monoisotopic (exact) mass is 438 g/mol. The molecular weight excluding hydrogens is 400 g/mol. The largest absolute Gasteiger partial charge is 0.341 e. The van der Waals surface area contributed by atoms with Gasteiger partial charge in [-0.2, -0.15) is 5.10 Å². The van der Waals surface area contributed by atoms with Crippen molar-refractivity contribution in [2.45, 2.75) is 65.6 Å². The third-order valence-electron chi connectivity index (χ3n) is 7.34. The molecule has 4 rings (SSSR count). The molecule has 0 radical (unpaired) electrons. The lowest BCUT2D eigenvalue weighted by molar-refractivity contribution is -0.136. The molecule has 1 N–H and O–H groups in total. The number of aryl methyl sites for hydroxylation is 3. The summed E-state index contributed by atoms with van der Waals surface area (Å²) in [6.07, 6.45) is 4.37. The minimum atomic E-state index is 0.149. The van der Waals surface area contributed by atoms with E-state index in [9.17, 15) is 4.79 Å². The second kappa shape index (κ2) is 10.1. The van der Waals surface area contributed by atoms with E-state index in [1.165, 1.54) is 18.5 Å². The molecule has 0 unspecified atom stereocenters. The third kappa shape index (κ3) is 5.38. The zero-order chi connectivity index (χ0) is 22.7. The van der Waals surface area contributed by atoms with Crippen molar-refractivity contribution in [1.29, 1.82) is 0 Å². The first-order valence-corrected chi connectivity index (χ1v) is 12.0. The van der Waals surface area contributed by atoms with Crippen LogP contribution < -0.4 is 0 Å². The molecule has 2 aliphatic heterocycles. The lowest BCUT2D eigenvalue weighted by atomic mass is 9.92. The number of likely N-dealkylation sites (tertiary alicyclic amines) is 2. The number of nitrogens with one attached hydrogen (secondary N) is 1. The Morgan fingerprint density at radius 3 is 2.44 bits per heavy atom. The van der Waals surface area contributed by atoms with Crippen LogP contribution >= 0.6 is 0 Å². The molecule has 2 aromatic rings. The van der Waals surface area contributed by atoms with E-state index >= 15 is 0 Å². The Balaban J connectivity index is 1.21. The van der Waals surface area contributed by atoms with Crippen molar-refractivity contribution in [3.05, 3.63) is 46.5 Å². The fourth-order valence-electron chi connectivity index (χ4n) is 5.30. The molecule has 2 aromatic heterocycles. The molecule has 7 heteroatoms. The summed E-state index contributed by atoms with van der Waals surface area (Å²) in [5, 5.41) is 7.28. The molecule has 0 aliphatic carbocycles. The number of hydrogen-bond donors (Lipinski definition) is 1. The van der Waals surface area contributed by atoms with Gasteiger partial charge in [0.25, 0.3) is 0 Å². The Hall–Kier alpha value is -2.25. The molecule has 4 heterocycles. The molecule has 1 amide bonds. The van der Waals surface area contributed by atoms with E-state index in [1.54, 1.807) is 0 Å². The fourth-order valence-corrected chi connectivity index (χ4v) is 5.30. The minimum absolute atomic E-state index is 0.149. The van der Waals surface area contributed by atoms with E-state index in [1.807, 2.05) is 25.8 Å². The second-order valence-electron chi connectivity index (χ2n) is 9.69. The number of carbonyl (C=O) groups excluding carboxylic acids is 1. The van der Waals surface area contributed by atoms with Crippen LogP contribution in [0.4, 0.5) is 0 Å². The minimum Gasteiger partial charge on any atom is -0.341 e. The number of H-pyrrole nitrogens is 1. The topological polar surface area (TPSA) is 68.4 Å². The second-order valence-corrected chi connectivity index (χ2v) is 9.69. The van der Waals surface area contributed by atoms with Crippen LogP contribution in [0.25, 0.3) is 0 Å². The first kappa shape index (κ1) is 22.9. The number of hydrogen-bond acceptors (Lipinski definition) is 5. The van der Waals surface area contributed by atoms with Crippen LogP contribution in [-0.4, -0.2) is 75.1 Å². The van der Waals surface area contributed by atoms with Gasteiger partial charge in [-0.3, -0.25) is 19.8 Å². The average molecular weight is 439 g/mol. The standard InChI is InChI=1S/C25H38N6O/c1-18-6-5-7-22(26-18)16-30-12-10-23(11-13-30)31-14-8-21(9-15-31)25(32)29(4)17-24-19(2)27-28-20(24)3/h5-7,21,23H,8-17H2,1-4H3,(H,27,28). The van der Waals surface area contributed by atoms with Gasteiger partial charge in [-0.25, -0.2) is 0 Å². The molecule has 7 nitrogen and oxygen atoms in total. The Labute approximate surface area is 192 Å². The van der Waals surface area contributed by atoms with Gasteiger partial charge < -0.3 is 9.80 Å². The van der Waals surface area contributed by atoms with Crippen molar-refractivity contribution in [3.63, 3.8) is 0 Å². The Kier molecular flexibility index (Phi) is 7.26. The molecule has 0 spiro atoms. The summed E-state index contributed by atoms with van der Waals surface area (Å²) in [6, 6.07) is 6.95. The number of pyridine rings is 1. The molecule has 0 atom stereocenters. The van der Waals surface area contributed by atoms with Crippen molar-refractivity contribution in [2.75, 3.05) is 33.2 Å². The molecule has 32 heavy (non-hydrogen) atoms. The van der Waals surface area contributed by atoms with Gasteiger partial charge >= 0.3 is 0 Å². The SMILES string of the molecule is Cc1cccc(CN2CCC(N3CCC(C(=O)N(C)Cc4c(C)n[nH]c4C)CC3)CC2)n1. The van der Waals surface area contributed by atoms with Crippen LogP contribution in [0.1, 0.15) is 54.0 Å². The van der Waals surface area contributed by atoms with Crippen molar-refractivity contribution in [3.8, 4) is 0 Å². The lowest BCUT2D eigenvalue weighted by Gasteiger charge is -2.42. The first-order chi connectivity index (χ1) is 15.4. The average Bonchev–Trinajstić information content (AvgIpc) is 3.11. The van der Waals surface area contributed by atoms with E-state index in [-0.39, 0.29) is 11.8 Å². The number of carbonyl (C=O) groups is 1. The molecule has 2 saturated heterocycles. The predicted molar refractivity (Wildman–Crippen MR) is 126 cm³/mol. The highest BCUT2D eigenvalue weighted by Gasteiger charge is 2.32. The van der Waals surface area contributed by atoms with E-state index in [2.05, 4.69) is 50.1 Å². The van der Waals surface area contributed by atoms with Crippen LogP contribution in [0.15, 0.2) is 18.2 Å². The molecule has 2 aliphatic rings. The number of nitrogens with zero attached hydrogens (tertiary/aromatic N) is 5. The summed E-state index contributed by atoms with van der Waals surface area (Å²) in [4.78, 5) is 24.7. The number of rotatable bonds is 6. The third-order valence-corrected chi connectivity index (χ3v) is 7.34. The molecule has 174 valence electrons. The summed E-state index contributed by atoms with van der Waals surface area (Å²) in [6.45, 7) is 12.0. The smallest absolute Gasteiger partial charge is 0.225 e. The van der Waals surface area contributed by atoms with Gasteiger partial charge in [-0.05, 0) is 71.7 Å². The van der Waals surface area contributed by atoms with Gasteiger partial charge in [0.05, 0.1) is 11.4 Å². The number of piperidine rings is 2. The van der Waals surface area contributed by atoms with E-state index in [0.29, 0.717) is 12.6 Å². The van der Waals surface area contributed by atoms with Crippen LogP contribution in [0.2, 0.25) is 0 Å². The van der Waals surface area contributed by atoms with E-state index in [0.717, 1.165) is 68.2 Å². The molecule has 0 bridgehead atoms. The van der Waals surface area contributed by atoms with Crippen LogP contribution in [0, 0.1) is 26.7 Å². The van der Waals surface area contributed by atoms with Gasteiger partial charge in [0.15, 0.2) is 0 Å². The molecule has 2 fully saturated rings. The Morgan fingerprint density at radius 1 is 1.09 bits per heavy atom. The summed E-state index contributed by atoms with van der Waals surface area (Å²) >= 11 is 0. The first-order valence-electron chi connectivity index (χ1n) is 12.0. The van der Waals surface area contributed by atoms with Crippen LogP contribution in [0.5, 0.6) is 0 Å². The highest BCUT2D eigenvalue weighted by Crippen LogP contribution is 2.26. The van der Waals surface area contributed by atoms with E-state index < -0.39 is 0 Å². The molecular formula is C25H38N6O.